The maximum atomic E-state index is 12.1. The van der Waals surface area contributed by atoms with Gasteiger partial charge in [-0.15, -0.1) is 0 Å². The Hall–Kier alpha value is -0.148. The predicted molar refractivity (Wildman–Crippen MR) is 66.9 cm³/mol. The largest absolute Gasteiger partial charge is 0.444 e. The van der Waals surface area contributed by atoms with E-state index in [-0.39, 0.29) is 20.4 Å². The Morgan fingerprint density at radius 2 is 1.30 bits per heavy atom. The van der Waals surface area contributed by atoms with Crippen molar-refractivity contribution in [2.45, 2.75) is 58.4 Å². The first kappa shape index (κ1) is 22.1. The molecule has 0 aliphatic carbocycles. The van der Waals surface area contributed by atoms with Crippen LogP contribution in [0.3, 0.4) is 0 Å². The second kappa shape index (κ2) is 9.73. The summed E-state index contributed by atoms with van der Waals surface area (Å²) in [5, 5.41) is 35.5. The number of nitrogens with two attached hydrogens (primary N) is 1. The fourth-order valence-electron chi connectivity index (χ4n) is 1.50. The molecule has 9 nitrogen and oxygen atoms in total. The third-order valence-electron chi connectivity index (χ3n) is 1.88. The Kier molecular flexibility index (Phi) is 10.8. The van der Waals surface area contributed by atoms with Gasteiger partial charge in [-0.25, -0.2) is 4.79 Å². The number of ether oxygens (including phenoxy) is 1. The minimum absolute atomic E-state index is 0. The molecule has 0 aromatic heterocycles. The number of aliphatic hydroxyl groups excluding tert-OH is 3. The number of hydrogen-bond donors (Lipinski definition) is 7. The molecule has 4 unspecified atom stereocenters. The molecule has 0 rings (SSSR count). The van der Waals surface area contributed by atoms with Crippen LogP contribution in [0.5, 0.6) is 0 Å². The van der Waals surface area contributed by atoms with Gasteiger partial charge in [0.05, 0.1) is 0 Å². The SMILES string of the molecule is CC(O)NC(NC(C)O)(NC(C)O)C(=O)OC(C)N.[Pd]. The van der Waals surface area contributed by atoms with Crippen LogP contribution in [0.4, 0.5) is 0 Å². The van der Waals surface area contributed by atoms with E-state index < -0.39 is 36.7 Å². The van der Waals surface area contributed by atoms with Gasteiger partial charge in [0.15, 0.2) is 0 Å². The molecule has 0 heterocycles. The molecule has 0 aliphatic heterocycles. The molecule has 0 amide bonds. The zero-order valence-corrected chi connectivity index (χ0v) is 13.4. The van der Waals surface area contributed by atoms with Gasteiger partial charge in [-0.05, 0) is 27.7 Å². The van der Waals surface area contributed by atoms with Crippen molar-refractivity contribution < 1.29 is 45.3 Å². The minimum atomic E-state index is -1.88. The Morgan fingerprint density at radius 3 is 1.50 bits per heavy atom. The van der Waals surface area contributed by atoms with E-state index in [1.54, 1.807) is 0 Å². The number of aliphatic hydroxyl groups is 3. The number of nitrogens with one attached hydrogen (secondary N) is 3. The van der Waals surface area contributed by atoms with Crippen molar-refractivity contribution in [3.05, 3.63) is 0 Å². The summed E-state index contributed by atoms with van der Waals surface area (Å²) in [5.41, 5.74) is 5.37. The van der Waals surface area contributed by atoms with Crippen molar-refractivity contribution in [2.75, 3.05) is 0 Å². The summed E-state index contributed by atoms with van der Waals surface area (Å²) < 4.78 is 4.84. The van der Waals surface area contributed by atoms with Crippen LogP contribution in [0.1, 0.15) is 27.7 Å². The van der Waals surface area contributed by atoms with Gasteiger partial charge in [-0.2, -0.15) is 0 Å². The van der Waals surface area contributed by atoms with Crippen LogP contribution in [0.25, 0.3) is 0 Å². The van der Waals surface area contributed by atoms with Crippen LogP contribution in [0.15, 0.2) is 0 Å². The molecule has 0 saturated heterocycles. The first-order chi connectivity index (χ1) is 8.59. The Balaban J connectivity index is 0. The van der Waals surface area contributed by atoms with Gasteiger partial charge in [0.2, 0.25) is 5.79 Å². The number of hydrogen-bond acceptors (Lipinski definition) is 9. The van der Waals surface area contributed by atoms with Crippen molar-refractivity contribution in [2.24, 2.45) is 5.73 Å². The van der Waals surface area contributed by atoms with E-state index in [4.69, 9.17) is 10.5 Å². The van der Waals surface area contributed by atoms with E-state index in [0.717, 1.165) is 0 Å². The van der Waals surface area contributed by atoms with Gasteiger partial charge in [0.25, 0.3) is 0 Å². The van der Waals surface area contributed by atoms with Gasteiger partial charge < -0.3 is 20.1 Å². The number of carbonyl (C=O) groups is 1. The predicted octanol–water partition coefficient (Wildman–Crippen LogP) is -2.73. The Labute approximate surface area is 131 Å². The average Bonchev–Trinajstić information content (AvgIpc) is 2.12. The molecule has 0 fully saturated rings. The molecule has 10 heteroatoms. The summed E-state index contributed by atoms with van der Waals surface area (Å²) in [6, 6.07) is 0. The summed E-state index contributed by atoms with van der Waals surface area (Å²) in [4.78, 5) is 12.1. The van der Waals surface area contributed by atoms with Crippen LogP contribution in [0, 0.1) is 0 Å². The number of rotatable bonds is 8. The molecule has 8 N–H and O–H groups in total. The topological polar surface area (TPSA) is 149 Å². The molecule has 0 radical (unpaired) electrons. The summed E-state index contributed by atoms with van der Waals surface area (Å²) in [5.74, 6) is -2.81. The van der Waals surface area contributed by atoms with Crippen molar-refractivity contribution >= 4 is 5.97 Å². The summed E-state index contributed by atoms with van der Waals surface area (Å²) in [7, 11) is 0. The average molecular weight is 387 g/mol. The molecular formula is C10H24N4O5Pd. The second-order valence-corrected chi connectivity index (χ2v) is 4.32. The maximum absolute atomic E-state index is 12.1. The fraction of sp³-hybridized carbons (Fsp3) is 0.900. The van der Waals surface area contributed by atoms with Gasteiger partial charge in [0.1, 0.15) is 24.9 Å². The molecule has 124 valence electrons. The van der Waals surface area contributed by atoms with E-state index in [1.165, 1.54) is 27.7 Å². The number of carbonyl (C=O) groups excluding carboxylic acids is 1. The summed E-state index contributed by atoms with van der Waals surface area (Å²) in [6.07, 6.45) is -4.27. The molecule has 4 atom stereocenters. The molecule has 0 saturated carbocycles. The van der Waals surface area contributed by atoms with Crippen LogP contribution < -0.4 is 21.7 Å². The third kappa shape index (κ3) is 8.21. The van der Waals surface area contributed by atoms with E-state index in [2.05, 4.69) is 16.0 Å². The third-order valence-corrected chi connectivity index (χ3v) is 1.88. The minimum Gasteiger partial charge on any atom is -0.444 e. The van der Waals surface area contributed by atoms with Crippen LogP contribution in [-0.2, 0) is 30.0 Å². The molecular weight excluding hydrogens is 363 g/mol. The van der Waals surface area contributed by atoms with Gasteiger partial charge >= 0.3 is 5.97 Å². The van der Waals surface area contributed by atoms with Gasteiger partial charge in [0, 0.05) is 20.4 Å². The first-order valence-electron chi connectivity index (χ1n) is 5.93. The quantitative estimate of drug-likeness (QED) is 0.134. The molecule has 0 bridgehead atoms. The van der Waals surface area contributed by atoms with Crippen molar-refractivity contribution in [1.82, 2.24) is 16.0 Å². The van der Waals surface area contributed by atoms with Crippen LogP contribution >= 0.6 is 0 Å². The molecule has 20 heavy (non-hydrogen) atoms. The van der Waals surface area contributed by atoms with E-state index in [0.29, 0.717) is 0 Å². The Morgan fingerprint density at radius 1 is 1.00 bits per heavy atom. The standard InChI is InChI=1S/C10H24N4O5.Pd/c1-5(11)19-9(18)10(12-6(2)15,13-7(3)16)14-8(4)17;/h5-8,12-17H,11H2,1-4H3;. The van der Waals surface area contributed by atoms with Gasteiger partial charge in [-0.3, -0.25) is 21.7 Å². The summed E-state index contributed by atoms with van der Waals surface area (Å²) >= 11 is 0. The molecule has 0 aliphatic rings. The smallest absolute Gasteiger partial charge is 0.359 e. The number of esters is 1. The fourth-order valence-corrected chi connectivity index (χ4v) is 1.50. The normalized spacial score (nSPS) is 20.0. The van der Waals surface area contributed by atoms with E-state index in [9.17, 15) is 20.1 Å². The Bertz CT molecular complexity index is 262. The van der Waals surface area contributed by atoms with E-state index in [1.807, 2.05) is 0 Å². The maximum Gasteiger partial charge on any atom is 0.359 e. The van der Waals surface area contributed by atoms with Crippen LogP contribution in [0.2, 0.25) is 0 Å². The molecule has 0 aromatic carbocycles. The first-order valence-corrected chi connectivity index (χ1v) is 5.93. The monoisotopic (exact) mass is 386 g/mol. The van der Waals surface area contributed by atoms with Crippen molar-refractivity contribution in [3.63, 3.8) is 0 Å². The van der Waals surface area contributed by atoms with E-state index >= 15 is 0 Å². The molecule has 0 spiro atoms. The summed E-state index contributed by atoms with van der Waals surface area (Å²) in [6.45, 7) is 5.53. The second-order valence-electron chi connectivity index (χ2n) is 4.32. The van der Waals surface area contributed by atoms with Gasteiger partial charge in [-0.1, -0.05) is 0 Å². The zero-order chi connectivity index (χ0) is 15.2. The van der Waals surface area contributed by atoms with Crippen molar-refractivity contribution in [1.29, 1.82) is 0 Å². The molecule has 0 aromatic rings. The van der Waals surface area contributed by atoms with Crippen molar-refractivity contribution in [3.8, 4) is 0 Å². The van der Waals surface area contributed by atoms with Crippen LogP contribution in [-0.4, -0.2) is 52.0 Å². The zero-order valence-electron chi connectivity index (χ0n) is 11.9.